The number of amides is 1. The number of fused-ring (bicyclic) bond motifs is 1. The fourth-order valence-electron chi connectivity index (χ4n) is 4.72. The first-order valence-corrected chi connectivity index (χ1v) is 12.7. The van der Waals surface area contributed by atoms with Gasteiger partial charge in [0.2, 0.25) is 0 Å². The summed E-state index contributed by atoms with van der Waals surface area (Å²) in [6, 6.07) is 12.0. The van der Waals surface area contributed by atoms with Gasteiger partial charge < -0.3 is 19.1 Å². The van der Waals surface area contributed by atoms with Crippen LogP contribution in [0.15, 0.2) is 53.1 Å². The Labute approximate surface area is 223 Å². The minimum Gasteiger partial charge on any atom is -0.496 e. The zero-order chi connectivity index (χ0) is 27.7. The van der Waals surface area contributed by atoms with Gasteiger partial charge in [0.05, 0.1) is 18.2 Å². The van der Waals surface area contributed by atoms with Crippen LogP contribution in [0.5, 0.6) is 5.75 Å². The Morgan fingerprint density at radius 3 is 2.49 bits per heavy atom. The number of anilines is 1. The lowest BCUT2D eigenvalue weighted by Crippen LogP contribution is -2.49. The summed E-state index contributed by atoms with van der Waals surface area (Å²) in [4.78, 5) is 26.3. The summed E-state index contributed by atoms with van der Waals surface area (Å²) in [6.07, 6.45) is -3.90. The minimum absolute atomic E-state index is 0.130. The lowest BCUT2D eigenvalue weighted by Gasteiger charge is -2.36. The summed E-state index contributed by atoms with van der Waals surface area (Å²) in [7, 11) is 1.53. The number of hydrogen-bond donors (Lipinski definition) is 0. The molecule has 0 N–H and O–H groups in total. The van der Waals surface area contributed by atoms with E-state index in [1.807, 2.05) is 24.8 Å². The second-order valence-electron chi connectivity index (χ2n) is 9.83. The van der Waals surface area contributed by atoms with Gasteiger partial charge in [-0.15, -0.1) is 0 Å². The van der Waals surface area contributed by atoms with Gasteiger partial charge in [-0.1, -0.05) is 43.3 Å². The van der Waals surface area contributed by atoms with E-state index in [9.17, 15) is 18.0 Å². The van der Waals surface area contributed by atoms with Crippen molar-refractivity contribution in [3.8, 4) is 17.0 Å². The minimum atomic E-state index is -4.50. The number of methoxy groups -OCH3 is 1. The molecule has 2 aromatic heterocycles. The Bertz CT molecular complexity index is 1490. The fourth-order valence-corrected chi connectivity index (χ4v) is 4.72. The molecule has 11 heteroatoms. The maximum atomic E-state index is 13.4. The Hall–Kier alpha value is -4.15. The second-order valence-corrected chi connectivity index (χ2v) is 9.83. The molecule has 0 atom stereocenters. The zero-order valence-corrected chi connectivity index (χ0v) is 21.8. The normalized spacial score (nSPS) is 14.3. The molecule has 1 aliphatic rings. The van der Waals surface area contributed by atoms with E-state index in [1.54, 1.807) is 29.2 Å². The Kier molecular flexibility index (Phi) is 7.16. The summed E-state index contributed by atoms with van der Waals surface area (Å²) in [5, 5.41) is 4.57. The number of carbonyl (C=O) groups excluding carboxylic acids is 1. The van der Waals surface area contributed by atoms with Crippen molar-refractivity contribution < 1.29 is 27.2 Å². The Morgan fingerprint density at radius 2 is 1.79 bits per heavy atom. The molecule has 0 bridgehead atoms. The molecule has 1 amide bonds. The molecule has 3 heterocycles. The average molecular weight is 540 g/mol. The number of benzene rings is 2. The van der Waals surface area contributed by atoms with Crippen LogP contribution in [0, 0.1) is 5.92 Å². The van der Waals surface area contributed by atoms with Crippen LogP contribution >= 0.6 is 0 Å². The van der Waals surface area contributed by atoms with Crippen molar-refractivity contribution in [2.24, 2.45) is 5.92 Å². The topological polar surface area (TPSA) is 84.6 Å². The third-order valence-electron chi connectivity index (χ3n) is 6.62. The summed E-state index contributed by atoms with van der Waals surface area (Å²) in [5.74, 6) is 1.75. The summed E-state index contributed by atoms with van der Waals surface area (Å²) < 4.78 is 51.2. The van der Waals surface area contributed by atoms with Gasteiger partial charge in [-0.2, -0.15) is 18.2 Å². The molecule has 4 aromatic rings. The molecule has 8 nitrogen and oxygen atoms in total. The predicted molar refractivity (Wildman–Crippen MR) is 140 cm³/mol. The van der Waals surface area contributed by atoms with Crippen LogP contribution < -0.4 is 9.64 Å². The molecule has 5 rings (SSSR count). The molecule has 0 saturated carbocycles. The van der Waals surface area contributed by atoms with Crippen LogP contribution in [-0.4, -0.2) is 59.2 Å². The first kappa shape index (κ1) is 26.5. The second kappa shape index (κ2) is 10.5. The maximum Gasteiger partial charge on any atom is 0.416 e. The quantitative estimate of drug-likeness (QED) is 0.321. The highest BCUT2D eigenvalue weighted by molar-refractivity contribution is 5.99. The van der Waals surface area contributed by atoms with E-state index in [2.05, 4.69) is 10.1 Å². The molecule has 0 spiro atoms. The predicted octanol–water partition coefficient (Wildman–Crippen LogP) is 5.47. The number of ether oxygens (including phenoxy) is 1. The monoisotopic (exact) mass is 539 g/mol. The smallest absolute Gasteiger partial charge is 0.416 e. The molecule has 204 valence electrons. The molecular formula is C28H28F3N5O3. The van der Waals surface area contributed by atoms with Crippen LogP contribution in [0.1, 0.15) is 35.6 Å². The van der Waals surface area contributed by atoms with Gasteiger partial charge in [0, 0.05) is 38.2 Å². The lowest BCUT2D eigenvalue weighted by molar-refractivity contribution is -0.137. The van der Waals surface area contributed by atoms with E-state index in [0.717, 1.165) is 12.1 Å². The number of nitrogens with zero attached hydrogens (tertiary/aromatic N) is 5. The number of aromatic nitrogens is 3. The number of carbonyl (C=O) groups is 1. The van der Waals surface area contributed by atoms with Crippen molar-refractivity contribution in [3.63, 3.8) is 0 Å². The standard InChI is InChI=1S/C28H28F3N5O3/c1-17(2)15-22-32-25(35-11-13-36(14-12-35)27(37)20-9-4-5-10-21(20)38-3)23-24(34-39-26(23)33-22)18-7-6-8-19(16-18)28(29,30)31/h4-10,16-17H,11-15H2,1-3H3. The van der Waals surface area contributed by atoms with Crippen LogP contribution in [0.4, 0.5) is 19.0 Å². The number of para-hydroxylation sites is 1. The van der Waals surface area contributed by atoms with Crippen molar-refractivity contribution in [2.75, 3.05) is 38.2 Å². The van der Waals surface area contributed by atoms with Crippen molar-refractivity contribution >= 4 is 22.8 Å². The summed E-state index contributed by atoms with van der Waals surface area (Å²) in [5.41, 5.74) is 0.432. The highest BCUT2D eigenvalue weighted by Gasteiger charge is 2.32. The molecular weight excluding hydrogens is 511 g/mol. The van der Waals surface area contributed by atoms with E-state index >= 15 is 0 Å². The average Bonchev–Trinajstić information content (AvgIpc) is 3.35. The molecule has 2 aromatic carbocycles. The highest BCUT2D eigenvalue weighted by atomic mass is 19.4. The zero-order valence-electron chi connectivity index (χ0n) is 21.8. The summed E-state index contributed by atoms with van der Waals surface area (Å²) >= 11 is 0. The van der Waals surface area contributed by atoms with Crippen LogP contribution in [-0.2, 0) is 12.6 Å². The van der Waals surface area contributed by atoms with Crippen LogP contribution in [0.25, 0.3) is 22.4 Å². The molecule has 0 unspecified atom stereocenters. The van der Waals surface area contributed by atoms with Gasteiger partial charge in [0.15, 0.2) is 0 Å². The fraction of sp³-hybridized carbons (Fsp3) is 0.357. The molecule has 1 fully saturated rings. The number of halogens is 3. The van der Waals surface area contributed by atoms with E-state index < -0.39 is 11.7 Å². The first-order chi connectivity index (χ1) is 18.7. The maximum absolute atomic E-state index is 13.4. The molecule has 39 heavy (non-hydrogen) atoms. The summed E-state index contributed by atoms with van der Waals surface area (Å²) in [6.45, 7) is 5.86. The van der Waals surface area contributed by atoms with Crippen molar-refractivity contribution in [1.29, 1.82) is 0 Å². The number of hydrogen-bond acceptors (Lipinski definition) is 7. The third-order valence-corrected chi connectivity index (χ3v) is 6.62. The van der Waals surface area contributed by atoms with E-state index in [-0.39, 0.29) is 28.8 Å². The lowest BCUT2D eigenvalue weighted by atomic mass is 10.0. The molecule has 0 radical (unpaired) electrons. The molecule has 1 aliphatic heterocycles. The van der Waals surface area contributed by atoms with Gasteiger partial charge in [0.25, 0.3) is 11.6 Å². The Morgan fingerprint density at radius 1 is 1.05 bits per heavy atom. The van der Waals surface area contributed by atoms with Crippen LogP contribution in [0.2, 0.25) is 0 Å². The van der Waals surface area contributed by atoms with E-state index in [0.29, 0.717) is 60.9 Å². The van der Waals surface area contributed by atoms with Gasteiger partial charge >= 0.3 is 6.18 Å². The largest absolute Gasteiger partial charge is 0.496 e. The van der Waals surface area contributed by atoms with Gasteiger partial charge in [-0.25, -0.2) is 4.98 Å². The van der Waals surface area contributed by atoms with Crippen molar-refractivity contribution in [3.05, 3.63) is 65.5 Å². The Balaban J connectivity index is 1.49. The highest BCUT2D eigenvalue weighted by Crippen LogP contribution is 2.37. The van der Waals surface area contributed by atoms with Crippen molar-refractivity contribution in [2.45, 2.75) is 26.4 Å². The third kappa shape index (κ3) is 5.39. The van der Waals surface area contributed by atoms with Crippen LogP contribution in [0.3, 0.4) is 0 Å². The van der Waals surface area contributed by atoms with Crippen molar-refractivity contribution in [1.82, 2.24) is 20.0 Å². The SMILES string of the molecule is COc1ccccc1C(=O)N1CCN(c2nc(CC(C)C)nc3onc(-c4cccc(C(F)(F)F)c4)c23)CC1. The first-order valence-electron chi connectivity index (χ1n) is 12.7. The number of piperazine rings is 1. The number of rotatable bonds is 6. The van der Waals surface area contributed by atoms with Gasteiger partial charge in [-0.3, -0.25) is 4.79 Å². The number of alkyl halides is 3. The van der Waals surface area contributed by atoms with E-state index in [1.165, 1.54) is 13.2 Å². The van der Waals surface area contributed by atoms with Gasteiger partial charge in [-0.05, 0) is 30.2 Å². The van der Waals surface area contributed by atoms with Gasteiger partial charge in [0.1, 0.15) is 28.5 Å². The molecule has 0 aliphatic carbocycles. The van der Waals surface area contributed by atoms with E-state index in [4.69, 9.17) is 14.2 Å². The molecule has 1 saturated heterocycles.